The average Bonchev–Trinajstić information content (AvgIpc) is 2.80. The van der Waals surface area contributed by atoms with Gasteiger partial charge in [-0.2, -0.15) is 0 Å². The average molecular weight is 326 g/mol. The minimum atomic E-state index is -3.41. The van der Waals surface area contributed by atoms with E-state index in [9.17, 15) is 22.8 Å². The minimum absolute atomic E-state index is 0.0476. The summed E-state index contributed by atoms with van der Waals surface area (Å²) in [7, 11) is -0.740. The van der Waals surface area contributed by atoms with Gasteiger partial charge in [0.05, 0.1) is 5.75 Å². The Morgan fingerprint density at radius 1 is 1.09 bits per heavy atom. The molecule has 1 aliphatic carbocycles. The fraction of sp³-hybridized carbons (Fsp3) is 0.643. The molecule has 0 N–H and O–H groups in total. The molecule has 120 valence electrons. The largest absolute Gasteiger partial charge is 0.332 e. The van der Waals surface area contributed by atoms with Crippen LogP contribution in [-0.4, -0.2) is 55.9 Å². The number of hydrogen-bond acceptors (Lipinski definition) is 5. The number of amides is 4. The molecule has 7 nitrogen and oxygen atoms in total. The quantitative estimate of drug-likeness (QED) is 0.605. The van der Waals surface area contributed by atoms with Crippen molar-refractivity contribution in [2.45, 2.75) is 26.2 Å². The molecule has 2 aliphatic heterocycles. The van der Waals surface area contributed by atoms with Crippen molar-refractivity contribution in [3.63, 3.8) is 0 Å². The van der Waals surface area contributed by atoms with Gasteiger partial charge in [-0.1, -0.05) is 5.57 Å². The molecular formula is C14H18N2O5S. The zero-order valence-corrected chi connectivity index (χ0v) is 13.6. The van der Waals surface area contributed by atoms with Crippen molar-refractivity contribution in [2.75, 3.05) is 19.8 Å². The Morgan fingerprint density at radius 2 is 1.64 bits per heavy atom. The van der Waals surface area contributed by atoms with E-state index in [1.54, 1.807) is 6.92 Å². The highest BCUT2D eigenvalue weighted by atomic mass is 32.2. The molecule has 0 aromatic carbocycles. The van der Waals surface area contributed by atoms with E-state index in [0.717, 1.165) is 15.4 Å². The maximum atomic E-state index is 12.8. The zero-order valence-electron chi connectivity index (χ0n) is 12.7. The maximum absolute atomic E-state index is 12.8. The number of barbiturate groups is 1. The lowest BCUT2D eigenvalue weighted by Crippen LogP contribution is -2.65. The van der Waals surface area contributed by atoms with Gasteiger partial charge >= 0.3 is 6.03 Å². The number of rotatable bonds is 0. The molecule has 1 atom stereocenters. The third-order valence-corrected chi connectivity index (χ3v) is 7.26. The highest BCUT2D eigenvalue weighted by molar-refractivity contribution is 7.95. The number of nitrogens with zero attached hydrogens (tertiary/aromatic N) is 2. The molecule has 2 saturated heterocycles. The van der Waals surface area contributed by atoms with Crippen LogP contribution in [0.1, 0.15) is 26.2 Å². The Bertz CT molecular complexity index is 712. The van der Waals surface area contributed by atoms with Crippen LogP contribution in [0, 0.1) is 11.3 Å². The molecule has 22 heavy (non-hydrogen) atoms. The van der Waals surface area contributed by atoms with E-state index < -0.39 is 39.0 Å². The Labute approximate surface area is 128 Å². The Balaban J connectivity index is 2.21. The first-order chi connectivity index (χ1) is 10.1. The molecule has 4 amide bonds. The predicted octanol–water partition coefficient (Wildman–Crippen LogP) is 0.526. The van der Waals surface area contributed by atoms with Gasteiger partial charge < -0.3 is 0 Å². The summed E-state index contributed by atoms with van der Waals surface area (Å²) in [4.78, 5) is 39.6. The molecule has 2 heterocycles. The molecule has 3 rings (SSSR count). The molecule has 0 saturated carbocycles. The van der Waals surface area contributed by atoms with Crippen molar-refractivity contribution in [1.29, 1.82) is 0 Å². The van der Waals surface area contributed by atoms with Crippen LogP contribution in [-0.2, 0) is 19.4 Å². The van der Waals surface area contributed by atoms with Gasteiger partial charge in [0.2, 0.25) is 11.8 Å². The molecule has 2 fully saturated rings. The monoisotopic (exact) mass is 326 g/mol. The first-order valence-corrected chi connectivity index (χ1v) is 8.82. The summed E-state index contributed by atoms with van der Waals surface area (Å²) in [6.45, 7) is 1.74. The van der Waals surface area contributed by atoms with Crippen LogP contribution in [0.3, 0.4) is 0 Å². The standard InChI is InChI=1S/C14H18N2O5S/c1-8-4-6-14(9-5-7-22(20,21)10(8)9)11(17)15(2)13(19)16(3)12(14)18/h9H,4-7H2,1-3H3. The smallest absolute Gasteiger partial charge is 0.273 e. The van der Waals surface area contributed by atoms with Crippen molar-refractivity contribution >= 4 is 27.7 Å². The van der Waals surface area contributed by atoms with Crippen LogP contribution in [0.25, 0.3) is 0 Å². The number of carbonyl (C=O) groups is 3. The summed E-state index contributed by atoms with van der Waals surface area (Å²) < 4.78 is 24.6. The van der Waals surface area contributed by atoms with Crippen molar-refractivity contribution in [3.05, 3.63) is 10.5 Å². The molecule has 1 spiro atoms. The fourth-order valence-corrected chi connectivity index (χ4v) is 6.20. The second-order valence-electron chi connectivity index (χ2n) is 6.29. The molecular weight excluding hydrogens is 308 g/mol. The highest BCUT2D eigenvalue weighted by Gasteiger charge is 2.64. The topological polar surface area (TPSA) is 91.8 Å². The van der Waals surface area contributed by atoms with Crippen molar-refractivity contribution in [1.82, 2.24) is 9.80 Å². The van der Waals surface area contributed by atoms with E-state index in [1.165, 1.54) is 14.1 Å². The van der Waals surface area contributed by atoms with Gasteiger partial charge in [0.1, 0.15) is 5.41 Å². The maximum Gasteiger partial charge on any atom is 0.332 e. The van der Waals surface area contributed by atoms with Crippen LogP contribution in [0.2, 0.25) is 0 Å². The molecule has 8 heteroatoms. The van der Waals surface area contributed by atoms with Gasteiger partial charge in [-0.15, -0.1) is 0 Å². The Hall–Kier alpha value is -1.70. The van der Waals surface area contributed by atoms with Gasteiger partial charge in [-0.25, -0.2) is 13.2 Å². The number of sulfone groups is 1. The molecule has 0 aromatic heterocycles. The summed E-state index contributed by atoms with van der Waals surface area (Å²) in [6, 6.07) is -0.672. The summed E-state index contributed by atoms with van der Waals surface area (Å²) in [5, 5.41) is 0. The number of imide groups is 2. The third kappa shape index (κ3) is 1.61. The van der Waals surface area contributed by atoms with Gasteiger partial charge in [0, 0.05) is 24.9 Å². The van der Waals surface area contributed by atoms with Crippen LogP contribution >= 0.6 is 0 Å². The van der Waals surface area contributed by atoms with E-state index >= 15 is 0 Å². The lowest BCUT2D eigenvalue weighted by atomic mass is 9.64. The second kappa shape index (κ2) is 4.41. The van der Waals surface area contributed by atoms with E-state index in [4.69, 9.17) is 0 Å². The summed E-state index contributed by atoms with van der Waals surface area (Å²) in [5.41, 5.74) is -0.716. The Morgan fingerprint density at radius 3 is 2.18 bits per heavy atom. The first-order valence-electron chi connectivity index (χ1n) is 7.17. The second-order valence-corrected chi connectivity index (χ2v) is 8.36. The third-order valence-electron chi connectivity index (χ3n) is 5.18. The normalized spacial score (nSPS) is 30.3. The molecule has 3 aliphatic rings. The number of urea groups is 1. The van der Waals surface area contributed by atoms with Gasteiger partial charge in [0.25, 0.3) is 0 Å². The van der Waals surface area contributed by atoms with Crippen molar-refractivity contribution in [3.8, 4) is 0 Å². The molecule has 1 unspecified atom stereocenters. The van der Waals surface area contributed by atoms with Crippen LogP contribution in [0.15, 0.2) is 10.5 Å². The first kappa shape index (κ1) is 15.2. The SMILES string of the molecule is CC1=C2C(CCS2(=O)=O)C2(CC1)C(=O)N(C)C(=O)N(C)C2=O. The summed E-state index contributed by atoms with van der Waals surface area (Å²) >= 11 is 0. The lowest BCUT2D eigenvalue weighted by molar-refractivity contribution is -0.161. The fourth-order valence-electron chi connectivity index (χ4n) is 4.05. The lowest BCUT2D eigenvalue weighted by Gasteiger charge is -2.46. The van der Waals surface area contributed by atoms with E-state index in [0.29, 0.717) is 6.42 Å². The van der Waals surface area contributed by atoms with Crippen LogP contribution in [0.4, 0.5) is 4.79 Å². The van der Waals surface area contributed by atoms with Crippen LogP contribution < -0.4 is 0 Å². The van der Waals surface area contributed by atoms with E-state index in [2.05, 4.69) is 0 Å². The van der Waals surface area contributed by atoms with E-state index in [-0.39, 0.29) is 23.5 Å². The number of allylic oxidation sites excluding steroid dienone is 2. The van der Waals surface area contributed by atoms with E-state index in [1.807, 2.05) is 0 Å². The van der Waals surface area contributed by atoms with Crippen molar-refractivity contribution in [2.24, 2.45) is 11.3 Å². The molecule has 0 bridgehead atoms. The Kier molecular flexibility index (Phi) is 3.05. The van der Waals surface area contributed by atoms with Crippen molar-refractivity contribution < 1.29 is 22.8 Å². The summed E-state index contributed by atoms with van der Waals surface area (Å²) in [5.74, 6) is -1.85. The molecule has 0 radical (unpaired) electrons. The number of fused-ring (bicyclic) bond motifs is 2. The molecule has 0 aromatic rings. The minimum Gasteiger partial charge on any atom is -0.273 e. The zero-order chi connectivity index (χ0) is 16.4. The van der Waals surface area contributed by atoms with Crippen LogP contribution in [0.5, 0.6) is 0 Å². The van der Waals surface area contributed by atoms with Gasteiger partial charge in [0.15, 0.2) is 9.84 Å². The number of carbonyl (C=O) groups excluding carboxylic acids is 3. The van der Waals surface area contributed by atoms with Gasteiger partial charge in [-0.05, 0) is 26.2 Å². The number of hydrogen-bond donors (Lipinski definition) is 0. The highest BCUT2D eigenvalue weighted by Crippen LogP contribution is 2.54. The van der Waals surface area contributed by atoms with Gasteiger partial charge in [-0.3, -0.25) is 19.4 Å². The summed E-state index contributed by atoms with van der Waals surface area (Å²) in [6.07, 6.45) is 0.878. The predicted molar refractivity (Wildman–Crippen MR) is 77.2 cm³/mol.